The van der Waals surface area contributed by atoms with E-state index >= 15 is 0 Å². The zero-order valence-electron chi connectivity index (χ0n) is 13.8. The SMILES string of the molecule is Cc1ccc2c(c1)N(CC(=O)NC1CCCCC1)C(=O)C(C)O2. The minimum atomic E-state index is -0.562. The van der Waals surface area contributed by atoms with Gasteiger partial charge in [0.15, 0.2) is 6.10 Å². The van der Waals surface area contributed by atoms with Gasteiger partial charge in [0.25, 0.3) is 5.91 Å². The van der Waals surface area contributed by atoms with E-state index in [1.807, 2.05) is 25.1 Å². The predicted molar refractivity (Wildman–Crippen MR) is 88.6 cm³/mol. The van der Waals surface area contributed by atoms with Gasteiger partial charge in [-0.3, -0.25) is 14.5 Å². The zero-order chi connectivity index (χ0) is 16.4. The Morgan fingerprint density at radius 1 is 1.30 bits per heavy atom. The smallest absolute Gasteiger partial charge is 0.268 e. The van der Waals surface area contributed by atoms with Gasteiger partial charge in [-0.25, -0.2) is 0 Å². The quantitative estimate of drug-likeness (QED) is 0.932. The maximum absolute atomic E-state index is 12.4. The Kier molecular flexibility index (Phi) is 4.55. The molecule has 1 saturated carbocycles. The van der Waals surface area contributed by atoms with Crippen LogP contribution in [0.5, 0.6) is 5.75 Å². The van der Waals surface area contributed by atoms with Crippen molar-refractivity contribution in [2.45, 2.75) is 58.1 Å². The van der Waals surface area contributed by atoms with E-state index in [1.165, 1.54) is 19.3 Å². The lowest BCUT2D eigenvalue weighted by Crippen LogP contribution is -2.50. The molecule has 1 atom stereocenters. The van der Waals surface area contributed by atoms with Crippen LogP contribution >= 0.6 is 0 Å². The molecule has 2 aliphatic rings. The number of nitrogens with zero attached hydrogens (tertiary/aromatic N) is 1. The standard InChI is InChI=1S/C18H24N2O3/c1-12-8-9-16-15(10-12)20(18(22)13(2)23-16)11-17(21)19-14-6-4-3-5-7-14/h8-10,13-14H,3-7,11H2,1-2H3,(H,19,21). The van der Waals surface area contributed by atoms with Crippen molar-refractivity contribution in [2.75, 3.05) is 11.4 Å². The Morgan fingerprint density at radius 2 is 2.04 bits per heavy atom. The lowest BCUT2D eigenvalue weighted by atomic mass is 9.95. The average Bonchev–Trinajstić information content (AvgIpc) is 2.53. The number of rotatable bonds is 3. The van der Waals surface area contributed by atoms with Crippen molar-refractivity contribution >= 4 is 17.5 Å². The van der Waals surface area contributed by atoms with Gasteiger partial charge in [0, 0.05) is 6.04 Å². The van der Waals surface area contributed by atoms with E-state index < -0.39 is 6.10 Å². The van der Waals surface area contributed by atoms with Gasteiger partial charge >= 0.3 is 0 Å². The molecule has 1 unspecified atom stereocenters. The second kappa shape index (κ2) is 6.60. The monoisotopic (exact) mass is 316 g/mol. The van der Waals surface area contributed by atoms with Crippen LogP contribution in [0.1, 0.15) is 44.6 Å². The fraction of sp³-hybridized carbons (Fsp3) is 0.556. The Bertz CT molecular complexity index is 608. The molecule has 0 radical (unpaired) electrons. The van der Waals surface area contributed by atoms with Crippen LogP contribution in [-0.4, -0.2) is 30.5 Å². The fourth-order valence-electron chi connectivity index (χ4n) is 3.34. The van der Waals surface area contributed by atoms with Gasteiger partial charge < -0.3 is 10.1 Å². The molecular formula is C18H24N2O3. The maximum Gasteiger partial charge on any atom is 0.268 e. The maximum atomic E-state index is 12.4. The van der Waals surface area contributed by atoms with E-state index in [-0.39, 0.29) is 24.4 Å². The first-order chi connectivity index (χ1) is 11.0. The van der Waals surface area contributed by atoms with E-state index in [0.29, 0.717) is 11.4 Å². The summed E-state index contributed by atoms with van der Waals surface area (Å²) in [6, 6.07) is 5.95. The summed E-state index contributed by atoms with van der Waals surface area (Å²) in [5.41, 5.74) is 1.72. The van der Waals surface area contributed by atoms with Crippen LogP contribution in [0.15, 0.2) is 18.2 Å². The molecule has 5 nitrogen and oxygen atoms in total. The zero-order valence-corrected chi connectivity index (χ0v) is 13.8. The summed E-state index contributed by atoms with van der Waals surface area (Å²) < 4.78 is 5.64. The predicted octanol–water partition coefficient (Wildman–Crippen LogP) is 2.56. The number of amides is 2. The lowest BCUT2D eigenvalue weighted by Gasteiger charge is -2.33. The summed E-state index contributed by atoms with van der Waals surface area (Å²) in [5, 5.41) is 3.07. The molecule has 1 fully saturated rings. The summed E-state index contributed by atoms with van der Waals surface area (Å²) >= 11 is 0. The van der Waals surface area contributed by atoms with Crippen LogP contribution in [0.3, 0.4) is 0 Å². The Morgan fingerprint density at radius 3 is 2.78 bits per heavy atom. The van der Waals surface area contributed by atoms with Gasteiger partial charge in [0.05, 0.1) is 5.69 Å². The van der Waals surface area contributed by atoms with Gasteiger partial charge in [0.2, 0.25) is 5.91 Å². The molecule has 1 aliphatic heterocycles. The van der Waals surface area contributed by atoms with Crippen LogP contribution < -0.4 is 15.0 Å². The van der Waals surface area contributed by atoms with Gasteiger partial charge in [-0.2, -0.15) is 0 Å². The van der Waals surface area contributed by atoms with E-state index in [1.54, 1.807) is 11.8 Å². The highest BCUT2D eigenvalue weighted by Gasteiger charge is 2.33. The summed E-state index contributed by atoms with van der Waals surface area (Å²) in [6.07, 6.45) is 5.09. The number of fused-ring (bicyclic) bond motifs is 1. The summed E-state index contributed by atoms with van der Waals surface area (Å²) in [6.45, 7) is 3.74. The molecule has 1 N–H and O–H groups in total. The Labute approximate surface area is 137 Å². The molecular weight excluding hydrogens is 292 g/mol. The second-order valence-electron chi connectivity index (χ2n) is 6.56. The van der Waals surface area contributed by atoms with Crippen LogP contribution in [0.2, 0.25) is 0 Å². The van der Waals surface area contributed by atoms with Crippen LogP contribution in [0, 0.1) is 6.92 Å². The second-order valence-corrected chi connectivity index (χ2v) is 6.56. The van der Waals surface area contributed by atoms with Crippen molar-refractivity contribution in [2.24, 2.45) is 0 Å². The van der Waals surface area contributed by atoms with Gasteiger partial charge in [-0.05, 0) is 44.4 Å². The van der Waals surface area contributed by atoms with Gasteiger partial charge in [-0.1, -0.05) is 25.3 Å². The summed E-state index contributed by atoms with van der Waals surface area (Å²) in [5.74, 6) is 0.405. The molecule has 124 valence electrons. The number of aryl methyl sites for hydroxylation is 1. The minimum absolute atomic E-state index is 0.0550. The number of anilines is 1. The first-order valence-electron chi connectivity index (χ1n) is 8.42. The third-order valence-electron chi connectivity index (χ3n) is 4.59. The van der Waals surface area contributed by atoms with E-state index in [9.17, 15) is 9.59 Å². The normalized spacial score (nSPS) is 21.6. The highest BCUT2D eigenvalue weighted by Crippen LogP contribution is 2.34. The molecule has 2 amide bonds. The van der Waals surface area contributed by atoms with Crippen molar-refractivity contribution < 1.29 is 14.3 Å². The van der Waals surface area contributed by atoms with Gasteiger partial charge in [0.1, 0.15) is 12.3 Å². The average molecular weight is 316 g/mol. The molecule has 1 aromatic rings. The molecule has 23 heavy (non-hydrogen) atoms. The van der Waals surface area contributed by atoms with Crippen LogP contribution in [0.25, 0.3) is 0 Å². The van der Waals surface area contributed by atoms with Crippen LogP contribution in [0.4, 0.5) is 5.69 Å². The van der Waals surface area contributed by atoms with E-state index in [4.69, 9.17) is 4.74 Å². The molecule has 1 aliphatic carbocycles. The number of carbonyl (C=O) groups excluding carboxylic acids is 2. The third kappa shape index (κ3) is 3.49. The van der Waals surface area contributed by atoms with E-state index in [0.717, 1.165) is 18.4 Å². The molecule has 5 heteroatoms. The van der Waals surface area contributed by atoms with Crippen molar-refractivity contribution in [3.8, 4) is 5.75 Å². The number of benzene rings is 1. The summed E-state index contributed by atoms with van der Waals surface area (Å²) in [7, 11) is 0. The number of ether oxygens (including phenoxy) is 1. The molecule has 1 aromatic carbocycles. The first kappa shape index (κ1) is 15.8. The molecule has 1 heterocycles. The molecule has 0 saturated heterocycles. The van der Waals surface area contributed by atoms with Crippen LogP contribution in [-0.2, 0) is 9.59 Å². The van der Waals surface area contributed by atoms with E-state index in [2.05, 4.69) is 5.32 Å². The number of hydrogen-bond donors (Lipinski definition) is 1. The highest BCUT2D eigenvalue weighted by molar-refractivity contribution is 6.03. The van der Waals surface area contributed by atoms with Crippen molar-refractivity contribution in [1.82, 2.24) is 5.32 Å². The number of nitrogens with one attached hydrogen (secondary N) is 1. The van der Waals surface area contributed by atoms with Crippen molar-refractivity contribution in [3.63, 3.8) is 0 Å². The van der Waals surface area contributed by atoms with Crippen molar-refractivity contribution in [1.29, 1.82) is 0 Å². The fourth-order valence-corrected chi connectivity index (χ4v) is 3.34. The Hall–Kier alpha value is -2.04. The highest BCUT2D eigenvalue weighted by atomic mass is 16.5. The first-order valence-corrected chi connectivity index (χ1v) is 8.42. The minimum Gasteiger partial charge on any atom is -0.479 e. The topological polar surface area (TPSA) is 58.6 Å². The number of carbonyl (C=O) groups is 2. The summed E-state index contributed by atoms with van der Waals surface area (Å²) in [4.78, 5) is 26.4. The largest absolute Gasteiger partial charge is 0.479 e. The molecule has 0 spiro atoms. The molecule has 0 aromatic heterocycles. The number of hydrogen-bond acceptors (Lipinski definition) is 3. The molecule has 0 bridgehead atoms. The molecule has 3 rings (SSSR count). The lowest BCUT2D eigenvalue weighted by molar-refractivity contribution is -0.128. The van der Waals surface area contributed by atoms with Crippen molar-refractivity contribution in [3.05, 3.63) is 23.8 Å². The Balaban J connectivity index is 1.74. The third-order valence-corrected chi connectivity index (χ3v) is 4.59. The van der Waals surface area contributed by atoms with Gasteiger partial charge in [-0.15, -0.1) is 0 Å².